The van der Waals surface area contributed by atoms with Crippen LogP contribution in [0.1, 0.15) is 38.3 Å². The van der Waals surface area contributed by atoms with E-state index in [9.17, 15) is 9.59 Å². The maximum absolute atomic E-state index is 12.9. The van der Waals surface area contributed by atoms with Crippen LogP contribution in [0.15, 0.2) is 36.4 Å². The Morgan fingerprint density at radius 3 is 2.76 bits per heavy atom. The van der Waals surface area contributed by atoms with E-state index in [1.165, 1.54) is 21.6 Å². The third-order valence-corrected chi connectivity index (χ3v) is 9.17. The first-order valence-corrected chi connectivity index (χ1v) is 14.1. The van der Waals surface area contributed by atoms with Crippen LogP contribution in [-0.4, -0.2) is 60.2 Å². The number of anilines is 2. The van der Waals surface area contributed by atoms with Crippen molar-refractivity contribution in [3.05, 3.63) is 52.5 Å². The van der Waals surface area contributed by atoms with Crippen LogP contribution in [0.2, 0.25) is 5.02 Å². The number of esters is 1. The smallest absolute Gasteiger partial charge is 0.315 e. The van der Waals surface area contributed by atoms with Crippen molar-refractivity contribution in [2.45, 2.75) is 40.0 Å². The van der Waals surface area contributed by atoms with Crippen LogP contribution in [-0.2, 0) is 27.2 Å². The SMILES string of the molecule is CCC(C)(C)C(=O)OC[N+]1(CCc2cc3c(cc2Cl)NC(=O)C3)CCN(c2nsc3ccccc23)CC1. The Morgan fingerprint density at radius 1 is 1.24 bits per heavy atom. The van der Waals surface area contributed by atoms with Crippen molar-refractivity contribution >= 4 is 56.6 Å². The maximum Gasteiger partial charge on any atom is 0.315 e. The molecule has 2 aliphatic rings. The predicted molar refractivity (Wildman–Crippen MR) is 149 cm³/mol. The fourth-order valence-corrected chi connectivity index (χ4v) is 6.06. The third-order valence-electron chi connectivity index (χ3n) is 8.01. The summed E-state index contributed by atoms with van der Waals surface area (Å²) in [6.45, 7) is 10.4. The zero-order chi connectivity index (χ0) is 26.2. The second-order valence-electron chi connectivity index (χ2n) is 10.9. The lowest BCUT2D eigenvalue weighted by molar-refractivity contribution is -0.944. The Kier molecular flexibility index (Phi) is 7.18. The molecule has 0 aliphatic carbocycles. The lowest BCUT2D eigenvalue weighted by atomic mass is 9.91. The van der Waals surface area contributed by atoms with Crippen molar-refractivity contribution in [2.24, 2.45) is 5.41 Å². The van der Waals surface area contributed by atoms with Gasteiger partial charge < -0.3 is 15.0 Å². The molecule has 3 aromatic rings. The van der Waals surface area contributed by atoms with Gasteiger partial charge in [-0.3, -0.25) is 14.1 Å². The van der Waals surface area contributed by atoms with E-state index in [1.807, 2.05) is 32.9 Å². The third kappa shape index (κ3) is 5.33. The molecule has 1 amide bonds. The van der Waals surface area contributed by atoms with Gasteiger partial charge >= 0.3 is 5.97 Å². The van der Waals surface area contributed by atoms with Gasteiger partial charge in [-0.05, 0) is 61.1 Å². The van der Waals surface area contributed by atoms with E-state index in [2.05, 4.69) is 34.5 Å². The van der Waals surface area contributed by atoms with Crippen LogP contribution in [0.4, 0.5) is 11.5 Å². The van der Waals surface area contributed by atoms with Gasteiger partial charge in [0.1, 0.15) is 0 Å². The minimum absolute atomic E-state index is 0.00264. The molecular formula is C28H34ClN4O3S+. The van der Waals surface area contributed by atoms with Gasteiger partial charge in [-0.15, -0.1) is 0 Å². The van der Waals surface area contributed by atoms with Gasteiger partial charge in [0.2, 0.25) is 12.6 Å². The molecule has 0 spiro atoms. The number of aromatic nitrogens is 1. The molecule has 1 fully saturated rings. The highest BCUT2D eigenvalue weighted by molar-refractivity contribution is 7.13. The molecule has 0 bridgehead atoms. The molecule has 2 aliphatic heterocycles. The molecule has 1 N–H and O–H groups in total. The molecule has 0 saturated carbocycles. The number of amides is 1. The lowest BCUT2D eigenvalue weighted by Gasteiger charge is -2.44. The predicted octanol–water partition coefficient (Wildman–Crippen LogP) is 5.26. The summed E-state index contributed by atoms with van der Waals surface area (Å²) in [4.78, 5) is 27.0. The monoisotopic (exact) mass is 541 g/mol. The highest BCUT2D eigenvalue weighted by atomic mass is 35.5. The van der Waals surface area contributed by atoms with E-state index < -0.39 is 5.41 Å². The van der Waals surface area contributed by atoms with E-state index in [4.69, 9.17) is 20.7 Å². The molecule has 9 heteroatoms. The average Bonchev–Trinajstić information content (AvgIpc) is 3.48. The summed E-state index contributed by atoms with van der Waals surface area (Å²) in [5.74, 6) is 0.893. The number of benzene rings is 2. The van der Waals surface area contributed by atoms with E-state index >= 15 is 0 Å². The Hall–Kier alpha value is -2.68. The number of ether oxygens (including phenoxy) is 1. The average molecular weight is 542 g/mol. The highest BCUT2D eigenvalue weighted by Crippen LogP contribution is 2.33. The summed E-state index contributed by atoms with van der Waals surface area (Å²) in [5.41, 5.74) is 2.33. The number of quaternary nitrogens is 1. The number of rotatable bonds is 8. The fraction of sp³-hybridized carbons (Fsp3) is 0.464. The summed E-state index contributed by atoms with van der Waals surface area (Å²) in [7, 11) is 0. The first kappa shape index (κ1) is 25.9. The number of nitrogens with zero attached hydrogens (tertiary/aromatic N) is 3. The van der Waals surface area contributed by atoms with Crippen molar-refractivity contribution in [1.82, 2.24) is 4.37 Å². The molecule has 0 radical (unpaired) electrons. The second-order valence-corrected chi connectivity index (χ2v) is 12.1. The standard InChI is InChI=1S/C28H33ClN4O3S/c1-4-28(2,3)27(35)36-18-33(12-9-19-15-20-16-25(34)30-23(20)17-22(19)29)13-10-32(11-14-33)26-21-7-5-6-8-24(21)37-31-26/h5-8,15,17H,4,9-14,16,18H2,1-3H3/p+1. The Morgan fingerprint density at radius 2 is 2.00 bits per heavy atom. The Bertz CT molecular complexity index is 1330. The van der Waals surface area contributed by atoms with Gasteiger partial charge in [-0.1, -0.05) is 36.7 Å². The fourth-order valence-electron chi connectivity index (χ4n) is 5.00. The zero-order valence-electron chi connectivity index (χ0n) is 21.7. The number of piperazine rings is 1. The second kappa shape index (κ2) is 10.2. The van der Waals surface area contributed by atoms with Crippen LogP contribution in [0.3, 0.4) is 0 Å². The van der Waals surface area contributed by atoms with Crippen molar-refractivity contribution in [3.63, 3.8) is 0 Å². The number of carbonyl (C=O) groups is 2. The summed E-state index contributed by atoms with van der Waals surface area (Å²) < 4.78 is 12.6. The van der Waals surface area contributed by atoms with E-state index in [0.29, 0.717) is 22.7 Å². The lowest BCUT2D eigenvalue weighted by Crippen LogP contribution is -2.61. The molecule has 0 unspecified atom stereocenters. The molecule has 1 aromatic heterocycles. The highest BCUT2D eigenvalue weighted by Gasteiger charge is 2.37. The molecule has 0 atom stereocenters. The molecule has 5 rings (SSSR count). The number of carbonyl (C=O) groups excluding carboxylic acids is 2. The molecule has 196 valence electrons. The largest absolute Gasteiger partial charge is 0.415 e. The number of hydrogen-bond acceptors (Lipinski definition) is 6. The van der Waals surface area contributed by atoms with E-state index in [0.717, 1.165) is 68.2 Å². The normalized spacial score (nSPS) is 17.1. The summed E-state index contributed by atoms with van der Waals surface area (Å²) in [6.07, 6.45) is 1.86. The number of fused-ring (bicyclic) bond motifs is 2. The van der Waals surface area contributed by atoms with Gasteiger partial charge in [-0.2, -0.15) is 4.37 Å². The number of nitrogens with one attached hydrogen (secondary N) is 1. The van der Waals surface area contributed by atoms with Crippen LogP contribution >= 0.6 is 23.1 Å². The first-order valence-electron chi connectivity index (χ1n) is 12.9. The van der Waals surface area contributed by atoms with Crippen molar-refractivity contribution in [1.29, 1.82) is 0 Å². The molecule has 2 aromatic carbocycles. The zero-order valence-corrected chi connectivity index (χ0v) is 23.3. The van der Waals surface area contributed by atoms with Crippen molar-refractivity contribution in [2.75, 3.05) is 49.7 Å². The van der Waals surface area contributed by atoms with E-state index in [1.54, 1.807) is 0 Å². The quantitative estimate of drug-likeness (QED) is 0.311. The van der Waals surface area contributed by atoms with Crippen LogP contribution in [0.5, 0.6) is 0 Å². The minimum Gasteiger partial charge on any atom is -0.415 e. The van der Waals surface area contributed by atoms with Gasteiger partial charge in [0.25, 0.3) is 0 Å². The summed E-state index contributed by atoms with van der Waals surface area (Å²) in [5, 5.41) is 4.72. The maximum atomic E-state index is 12.9. The van der Waals surface area contributed by atoms with Crippen molar-refractivity contribution in [3.8, 4) is 0 Å². The van der Waals surface area contributed by atoms with Crippen LogP contribution < -0.4 is 10.2 Å². The van der Waals surface area contributed by atoms with Crippen LogP contribution in [0, 0.1) is 5.41 Å². The molecular weight excluding hydrogens is 508 g/mol. The van der Waals surface area contributed by atoms with Gasteiger partial charge in [0.15, 0.2) is 5.82 Å². The Balaban J connectivity index is 1.33. The topological polar surface area (TPSA) is 71.5 Å². The summed E-state index contributed by atoms with van der Waals surface area (Å²) >= 11 is 8.15. The molecule has 37 heavy (non-hydrogen) atoms. The molecule has 3 heterocycles. The van der Waals surface area contributed by atoms with Gasteiger partial charge in [0.05, 0.1) is 49.3 Å². The van der Waals surface area contributed by atoms with Gasteiger partial charge in [0, 0.05) is 22.5 Å². The first-order chi connectivity index (χ1) is 17.7. The van der Waals surface area contributed by atoms with E-state index in [-0.39, 0.29) is 11.9 Å². The minimum atomic E-state index is -0.506. The van der Waals surface area contributed by atoms with Gasteiger partial charge in [-0.25, -0.2) is 0 Å². The number of halogens is 1. The Labute approximate surface area is 227 Å². The molecule has 1 saturated heterocycles. The van der Waals surface area contributed by atoms with Crippen LogP contribution in [0.25, 0.3) is 10.1 Å². The molecule has 7 nitrogen and oxygen atoms in total. The number of hydrogen-bond donors (Lipinski definition) is 1. The summed E-state index contributed by atoms with van der Waals surface area (Å²) in [6, 6.07) is 12.3. The van der Waals surface area contributed by atoms with Crippen molar-refractivity contribution < 1.29 is 18.8 Å².